The van der Waals surface area contributed by atoms with Gasteiger partial charge in [-0.2, -0.15) is 5.26 Å². The number of hydrogen-bond donors (Lipinski definition) is 1. The number of fused-ring (bicyclic) bond motifs is 2. The van der Waals surface area contributed by atoms with Crippen molar-refractivity contribution in [2.45, 2.75) is 75.1 Å². The van der Waals surface area contributed by atoms with Crippen LogP contribution in [0.5, 0.6) is 0 Å². The third kappa shape index (κ3) is 5.73. The van der Waals surface area contributed by atoms with Crippen molar-refractivity contribution in [1.82, 2.24) is 10.2 Å². The molecule has 2 aliphatic rings. The van der Waals surface area contributed by atoms with E-state index in [9.17, 15) is 23.3 Å². The SMILES string of the molecule is CC(C)(C)OC(=O)N1[C@@H]2CC[C@@H](C2)[C@H]1C(=O)N[C@H](C#N)Cc1ccc(-c2cccc(S(C)(=O)=O)c2)s1. The van der Waals surface area contributed by atoms with Crippen LogP contribution in [0.2, 0.25) is 0 Å². The van der Waals surface area contributed by atoms with Crippen LogP contribution in [-0.2, 0) is 25.8 Å². The molecular formula is C26H31N3O5S2. The molecule has 36 heavy (non-hydrogen) atoms. The average molecular weight is 530 g/mol. The molecule has 2 aromatic rings. The molecule has 2 bridgehead atoms. The molecule has 8 nitrogen and oxygen atoms in total. The van der Waals surface area contributed by atoms with E-state index in [1.54, 1.807) is 43.9 Å². The van der Waals surface area contributed by atoms with E-state index in [1.807, 2.05) is 18.2 Å². The number of hydrogen-bond acceptors (Lipinski definition) is 7. The minimum absolute atomic E-state index is 0.0105. The first-order valence-electron chi connectivity index (χ1n) is 12.0. The normalized spacial score (nSPS) is 22.2. The van der Waals surface area contributed by atoms with E-state index >= 15 is 0 Å². The number of carbonyl (C=O) groups is 2. The molecule has 1 aliphatic carbocycles. The Kier molecular flexibility index (Phi) is 7.17. The smallest absolute Gasteiger partial charge is 0.411 e. The molecule has 1 saturated heterocycles. The zero-order chi connectivity index (χ0) is 26.3. The van der Waals surface area contributed by atoms with Gasteiger partial charge in [-0.05, 0) is 75.8 Å². The molecule has 1 saturated carbocycles. The fraction of sp³-hybridized carbons (Fsp3) is 0.500. The molecule has 4 atom stereocenters. The van der Waals surface area contributed by atoms with E-state index in [4.69, 9.17) is 4.74 Å². The molecule has 0 radical (unpaired) electrons. The summed E-state index contributed by atoms with van der Waals surface area (Å²) in [5, 5.41) is 12.6. The summed E-state index contributed by atoms with van der Waals surface area (Å²) in [7, 11) is -3.32. The third-order valence-corrected chi connectivity index (χ3v) is 8.81. The summed E-state index contributed by atoms with van der Waals surface area (Å²) >= 11 is 1.45. The van der Waals surface area contributed by atoms with Crippen LogP contribution in [-0.4, -0.2) is 55.3 Å². The van der Waals surface area contributed by atoms with E-state index in [-0.39, 0.29) is 22.8 Å². The number of benzene rings is 1. The number of piperidine rings is 1. The molecule has 1 aliphatic heterocycles. The van der Waals surface area contributed by atoms with Gasteiger partial charge in [-0.15, -0.1) is 11.3 Å². The Balaban J connectivity index is 1.45. The predicted octanol–water partition coefficient (Wildman–Crippen LogP) is 4.16. The van der Waals surface area contributed by atoms with Gasteiger partial charge in [0.05, 0.1) is 11.0 Å². The molecule has 2 amide bonds. The number of thiophene rings is 1. The van der Waals surface area contributed by atoms with Gasteiger partial charge in [0.1, 0.15) is 17.7 Å². The van der Waals surface area contributed by atoms with Crippen LogP contribution in [0.4, 0.5) is 4.79 Å². The fourth-order valence-corrected chi connectivity index (χ4v) is 6.73. The molecule has 10 heteroatoms. The maximum absolute atomic E-state index is 13.3. The van der Waals surface area contributed by atoms with Crippen LogP contribution in [0.1, 0.15) is 44.9 Å². The Labute approximate surface area is 216 Å². The number of rotatable bonds is 6. The van der Waals surface area contributed by atoms with Gasteiger partial charge in [-0.25, -0.2) is 13.2 Å². The number of nitrogens with one attached hydrogen (secondary N) is 1. The topological polar surface area (TPSA) is 117 Å². The zero-order valence-electron chi connectivity index (χ0n) is 20.9. The largest absolute Gasteiger partial charge is 0.444 e. The lowest BCUT2D eigenvalue weighted by molar-refractivity contribution is -0.128. The molecule has 0 unspecified atom stereocenters. The maximum atomic E-state index is 13.3. The molecule has 1 aromatic heterocycles. The Hall–Kier alpha value is -2.90. The Bertz CT molecular complexity index is 1310. The number of amides is 2. The fourth-order valence-electron chi connectivity index (χ4n) is 5.01. The minimum Gasteiger partial charge on any atom is -0.444 e. The highest BCUT2D eigenvalue weighted by Gasteiger charge is 2.52. The molecule has 2 fully saturated rings. The highest BCUT2D eigenvalue weighted by Crippen LogP contribution is 2.43. The number of carbonyl (C=O) groups excluding carboxylic acids is 2. The first kappa shape index (κ1) is 26.2. The van der Waals surface area contributed by atoms with Crippen LogP contribution in [0.15, 0.2) is 41.3 Å². The van der Waals surface area contributed by atoms with Gasteiger partial charge in [0.2, 0.25) is 5.91 Å². The van der Waals surface area contributed by atoms with Crippen molar-refractivity contribution in [3.05, 3.63) is 41.3 Å². The number of nitriles is 1. The van der Waals surface area contributed by atoms with Crippen LogP contribution in [0.25, 0.3) is 10.4 Å². The number of sulfone groups is 1. The van der Waals surface area contributed by atoms with Gasteiger partial charge in [-0.3, -0.25) is 9.69 Å². The lowest BCUT2D eigenvalue weighted by Gasteiger charge is -2.35. The summed E-state index contributed by atoms with van der Waals surface area (Å²) in [6, 6.07) is 11.3. The van der Waals surface area contributed by atoms with Crippen LogP contribution in [0.3, 0.4) is 0 Å². The van der Waals surface area contributed by atoms with Crippen LogP contribution < -0.4 is 5.32 Å². The molecular weight excluding hydrogens is 498 g/mol. The number of nitrogens with zero attached hydrogens (tertiary/aromatic N) is 2. The van der Waals surface area contributed by atoms with Gasteiger partial charge in [0.15, 0.2) is 9.84 Å². The van der Waals surface area contributed by atoms with Crippen molar-refractivity contribution in [3.8, 4) is 16.5 Å². The van der Waals surface area contributed by atoms with E-state index in [2.05, 4.69) is 11.4 Å². The standard InChI is InChI=1S/C26H31N3O5S2/c1-26(2,3)34-25(31)29-19-9-8-17(12-19)23(29)24(30)28-18(15-27)14-20-10-11-22(35-20)16-6-5-7-21(13-16)36(4,32)33/h5-7,10-11,13,17-19,23H,8-9,12,14H2,1-4H3,(H,28,30)/t17-,18-,19+,23-/m0/s1. The number of ether oxygens (including phenoxy) is 1. The van der Waals surface area contributed by atoms with Gasteiger partial charge in [-0.1, -0.05) is 12.1 Å². The van der Waals surface area contributed by atoms with Crippen molar-refractivity contribution in [2.24, 2.45) is 5.92 Å². The predicted molar refractivity (Wildman–Crippen MR) is 137 cm³/mol. The first-order chi connectivity index (χ1) is 16.9. The average Bonchev–Trinajstić information content (AvgIpc) is 3.53. The third-order valence-electron chi connectivity index (χ3n) is 6.54. The summed E-state index contributed by atoms with van der Waals surface area (Å²) in [5.41, 5.74) is 0.119. The van der Waals surface area contributed by atoms with Crippen molar-refractivity contribution in [2.75, 3.05) is 6.26 Å². The Morgan fingerprint density at radius 2 is 2.00 bits per heavy atom. The number of likely N-dealkylation sites (tertiary alicyclic amines) is 1. The van der Waals surface area contributed by atoms with Crippen molar-refractivity contribution < 1.29 is 22.7 Å². The Morgan fingerprint density at radius 1 is 1.25 bits per heavy atom. The van der Waals surface area contributed by atoms with E-state index in [0.717, 1.165) is 34.6 Å². The first-order valence-corrected chi connectivity index (χ1v) is 14.7. The summed E-state index contributed by atoms with van der Waals surface area (Å²) < 4.78 is 29.3. The molecule has 4 rings (SSSR count). The summed E-state index contributed by atoms with van der Waals surface area (Å²) in [6.45, 7) is 5.40. The van der Waals surface area contributed by atoms with Gasteiger partial charge >= 0.3 is 6.09 Å². The summed E-state index contributed by atoms with van der Waals surface area (Å²) in [4.78, 5) is 29.7. The van der Waals surface area contributed by atoms with E-state index in [0.29, 0.717) is 6.42 Å². The van der Waals surface area contributed by atoms with Gasteiger partial charge < -0.3 is 10.1 Å². The maximum Gasteiger partial charge on any atom is 0.411 e. The second-order valence-electron chi connectivity index (χ2n) is 10.5. The van der Waals surface area contributed by atoms with Gasteiger partial charge in [0.25, 0.3) is 0 Å². The lowest BCUT2D eigenvalue weighted by Crippen LogP contribution is -2.55. The monoisotopic (exact) mass is 529 g/mol. The highest BCUT2D eigenvalue weighted by atomic mass is 32.2. The molecule has 2 heterocycles. The van der Waals surface area contributed by atoms with Crippen molar-refractivity contribution in [1.29, 1.82) is 5.26 Å². The second-order valence-corrected chi connectivity index (χ2v) is 13.7. The van der Waals surface area contributed by atoms with Crippen LogP contribution >= 0.6 is 11.3 Å². The summed E-state index contributed by atoms with van der Waals surface area (Å²) in [6.07, 6.45) is 3.50. The van der Waals surface area contributed by atoms with Gasteiger partial charge in [0, 0.05) is 28.5 Å². The summed E-state index contributed by atoms with van der Waals surface area (Å²) in [5.74, 6) is -0.255. The highest BCUT2D eigenvalue weighted by molar-refractivity contribution is 7.90. The minimum atomic E-state index is -3.32. The molecule has 192 valence electrons. The molecule has 0 spiro atoms. The van der Waals surface area contributed by atoms with E-state index in [1.165, 1.54) is 17.6 Å². The lowest BCUT2D eigenvalue weighted by atomic mass is 9.97. The van der Waals surface area contributed by atoms with Crippen LogP contribution in [0, 0.1) is 17.2 Å². The molecule has 1 N–H and O–H groups in total. The van der Waals surface area contributed by atoms with E-state index < -0.39 is 33.6 Å². The van der Waals surface area contributed by atoms with Crippen molar-refractivity contribution in [3.63, 3.8) is 0 Å². The zero-order valence-corrected chi connectivity index (χ0v) is 22.5. The Morgan fingerprint density at radius 3 is 2.67 bits per heavy atom. The quantitative estimate of drug-likeness (QED) is 0.601. The van der Waals surface area contributed by atoms with Crippen molar-refractivity contribution >= 4 is 33.2 Å². The molecule has 1 aromatic carbocycles. The second kappa shape index (κ2) is 9.87.